The van der Waals surface area contributed by atoms with E-state index in [9.17, 15) is 5.11 Å². The number of nitrogens with zero attached hydrogens (tertiary/aromatic N) is 2. The van der Waals surface area contributed by atoms with E-state index in [-0.39, 0.29) is 6.61 Å². The first-order valence-electron chi connectivity index (χ1n) is 4.61. The van der Waals surface area contributed by atoms with E-state index in [0.29, 0.717) is 0 Å². The molecule has 1 N–H and O–H groups in total. The van der Waals surface area contributed by atoms with E-state index >= 15 is 0 Å². The molecule has 0 bridgehead atoms. The highest BCUT2D eigenvalue weighted by Gasteiger charge is 2.05. The summed E-state index contributed by atoms with van der Waals surface area (Å²) >= 11 is 3.37. The maximum Gasteiger partial charge on any atom is 0.0703 e. The Morgan fingerprint density at radius 1 is 1.47 bits per heavy atom. The van der Waals surface area contributed by atoms with Crippen LogP contribution in [-0.2, 0) is 6.61 Å². The fourth-order valence-corrected chi connectivity index (χ4v) is 1.86. The molecule has 2 aromatic rings. The predicted molar refractivity (Wildman–Crippen MR) is 61.9 cm³/mol. The number of hydrogen-bond acceptors (Lipinski definition) is 2. The fourth-order valence-electron chi connectivity index (χ4n) is 1.45. The molecule has 1 aromatic heterocycles. The molecule has 1 aromatic carbocycles. The number of aliphatic hydroxyl groups is 1. The van der Waals surface area contributed by atoms with Gasteiger partial charge in [-0.1, -0.05) is 15.9 Å². The van der Waals surface area contributed by atoms with Gasteiger partial charge in [0.1, 0.15) is 0 Å². The normalized spacial score (nSPS) is 10.6. The van der Waals surface area contributed by atoms with Crippen LogP contribution >= 0.6 is 15.9 Å². The Morgan fingerprint density at radius 2 is 2.27 bits per heavy atom. The van der Waals surface area contributed by atoms with Crippen molar-refractivity contribution in [3.05, 3.63) is 46.2 Å². The highest BCUT2D eigenvalue weighted by atomic mass is 79.9. The highest BCUT2D eigenvalue weighted by molar-refractivity contribution is 9.10. The molecule has 78 valence electrons. The van der Waals surface area contributed by atoms with Crippen molar-refractivity contribution in [2.24, 2.45) is 0 Å². The number of aromatic nitrogens is 2. The van der Waals surface area contributed by atoms with Gasteiger partial charge in [0.15, 0.2) is 0 Å². The molecule has 0 aliphatic carbocycles. The first-order chi connectivity index (χ1) is 7.20. The average Bonchev–Trinajstić information content (AvgIpc) is 2.64. The van der Waals surface area contributed by atoms with Gasteiger partial charge in [0.2, 0.25) is 0 Å². The molecule has 0 atom stereocenters. The first kappa shape index (κ1) is 10.4. The zero-order valence-corrected chi connectivity index (χ0v) is 9.90. The van der Waals surface area contributed by atoms with Gasteiger partial charge in [-0.2, -0.15) is 5.10 Å². The summed E-state index contributed by atoms with van der Waals surface area (Å²) in [6.45, 7) is 1.99. The lowest BCUT2D eigenvalue weighted by Gasteiger charge is -2.07. The number of benzene rings is 1. The molecule has 0 aliphatic heterocycles. The summed E-state index contributed by atoms with van der Waals surface area (Å²) in [4.78, 5) is 0. The monoisotopic (exact) mass is 266 g/mol. The minimum atomic E-state index is 0.00762. The number of aliphatic hydroxyl groups excluding tert-OH is 1. The van der Waals surface area contributed by atoms with Crippen molar-refractivity contribution >= 4 is 15.9 Å². The van der Waals surface area contributed by atoms with E-state index in [1.54, 1.807) is 10.9 Å². The lowest BCUT2D eigenvalue weighted by Crippen LogP contribution is -1.99. The number of hydrogen-bond donors (Lipinski definition) is 1. The molecule has 0 amide bonds. The van der Waals surface area contributed by atoms with Gasteiger partial charge in [-0.05, 0) is 30.7 Å². The van der Waals surface area contributed by atoms with E-state index in [1.165, 1.54) is 0 Å². The third-order valence-electron chi connectivity index (χ3n) is 2.17. The number of aryl methyl sites for hydroxylation is 1. The van der Waals surface area contributed by atoms with Crippen LogP contribution < -0.4 is 0 Å². The van der Waals surface area contributed by atoms with E-state index < -0.39 is 0 Å². The van der Waals surface area contributed by atoms with Crippen molar-refractivity contribution in [3.63, 3.8) is 0 Å². The van der Waals surface area contributed by atoms with Crippen LogP contribution in [0.5, 0.6) is 0 Å². The standard InChI is InChI=1S/C11H11BrN2O/c1-8-5-13-14(6-8)11-3-2-10(12)4-9(11)7-15/h2-6,15H,7H2,1H3. The van der Waals surface area contributed by atoms with E-state index in [0.717, 1.165) is 21.3 Å². The van der Waals surface area contributed by atoms with Gasteiger partial charge in [0, 0.05) is 16.2 Å². The summed E-state index contributed by atoms with van der Waals surface area (Å²) in [5.74, 6) is 0. The topological polar surface area (TPSA) is 38.0 Å². The van der Waals surface area contributed by atoms with Gasteiger partial charge in [0.05, 0.1) is 18.5 Å². The summed E-state index contributed by atoms with van der Waals surface area (Å²) in [5, 5.41) is 13.5. The molecule has 0 radical (unpaired) electrons. The van der Waals surface area contributed by atoms with Gasteiger partial charge >= 0.3 is 0 Å². The van der Waals surface area contributed by atoms with Gasteiger partial charge in [-0.3, -0.25) is 0 Å². The summed E-state index contributed by atoms with van der Waals surface area (Å²) in [6, 6.07) is 5.76. The average molecular weight is 267 g/mol. The molecule has 0 spiro atoms. The fraction of sp³-hybridized carbons (Fsp3) is 0.182. The van der Waals surface area contributed by atoms with Crippen LogP contribution in [0.25, 0.3) is 5.69 Å². The number of halogens is 1. The first-order valence-corrected chi connectivity index (χ1v) is 5.41. The van der Waals surface area contributed by atoms with E-state index in [4.69, 9.17) is 0 Å². The highest BCUT2D eigenvalue weighted by Crippen LogP contribution is 2.20. The molecule has 1 heterocycles. The van der Waals surface area contributed by atoms with Crippen LogP contribution in [0.2, 0.25) is 0 Å². The Hall–Kier alpha value is -1.13. The summed E-state index contributed by atoms with van der Waals surface area (Å²) in [5.41, 5.74) is 2.86. The van der Waals surface area contributed by atoms with E-state index in [1.807, 2.05) is 31.3 Å². The largest absolute Gasteiger partial charge is 0.392 e. The minimum absolute atomic E-state index is 0.00762. The second kappa shape index (κ2) is 4.16. The quantitative estimate of drug-likeness (QED) is 0.907. The summed E-state index contributed by atoms with van der Waals surface area (Å²) < 4.78 is 2.73. The van der Waals surface area contributed by atoms with E-state index in [2.05, 4.69) is 21.0 Å². The third-order valence-corrected chi connectivity index (χ3v) is 2.66. The maximum atomic E-state index is 9.25. The van der Waals surface area contributed by atoms with Crippen molar-refractivity contribution < 1.29 is 5.11 Å². The van der Waals surface area contributed by atoms with Gasteiger partial charge in [-0.25, -0.2) is 4.68 Å². The van der Waals surface area contributed by atoms with Crippen molar-refractivity contribution in [3.8, 4) is 5.69 Å². The molecule has 0 saturated heterocycles. The zero-order valence-electron chi connectivity index (χ0n) is 8.31. The van der Waals surface area contributed by atoms with Crippen LogP contribution in [0.1, 0.15) is 11.1 Å². The van der Waals surface area contributed by atoms with Crippen LogP contribution in [-0.4, -0.2) is 14.9 Å². The molecular formula is C11H11BrN2O. The lowest BCUT2D eigenvalue weighted by molar-refractivity contribution is 0.281. The molecule has 4 heteroatoms. The lowest BCUT2D eigenvalue weighted by atomic mass is 10.2. The molecular weight excluding hydrogens is 256 g/mol. The third kappa shape index (κ3) is 2.11. The smallest absolute Gasteiger partial charge is 0.0703 e. The Labute approximate surface area is 96.5 Å². The van der Waals surface area contributed by atoms with Crippen molar-refractivity contribution in [1.29, 1.82) is 0 Å². The summed E-state index contributed by atoms with van der Waals surface area (Å²) in [6.07, 6.45) is 3.73. The SMILES string of the molecule is Cc1cnn(-c2ccc(Br)cc2CO)c1. The maximum absolute atomic E-state index is 9.25. The molecule has 0 saturated carbocycles. The number of rotatable bonds is 2. The molecule has 15 heavy (non-hydrogen) atoms. The molecule has 0 fully saturated rings. The van der Waals surface area contributed by atoms with Gasteiger partial charge < -0.3 is 5.11 Å². The Balaban J connectivity index is 2.52. The van der Waals surface area contributed by atoms with Crippen molar-refractivity contribution in [1.82, 2.24) is 9.78 Å². The Morgan fingerprint density at radius 3 is 2.87 bits per heavy atom. The second-order valence-corrected chi connectivity index (χ2v) is 4.31. The molecule has 0 aliphatic rings. The Kier molecular flexibility index (Phi) is 2.88. The Bertz CT molecular complexity index is 479. The predicted octanol–water partition coefficient (Wildman–Crippen LogP) is 2.44. The van der Waals surface area contributed by atoms with Crippen LogP contribution in [0.4, 0.5) is 0 Å². The summed E-state index contributed by atoms with van der Waals surface area (Å²) in [7, 11) is 0. The van der Waals surface area contributed by atoms with Crippen molar-refractivity contribution in [2.45, 2.75) is 13.5 Å². The zero-order chi connectivity index (χ0) is 10.8. The van der Waals surface area contributed by atoms with Crippen molar-refractivity contribution in [2.75, 3.05) is 0 Å². The molecule has 2 rings (SSSR count). The van der Waals surface area contributed by atoms with Crippen LogP contribution in [0, 0.1) is 6.92 Å². The molecule has 0 unspecified atom stereocenters. The molecule has 3 nitrogen and oxygen atoms in total. The minimum Gasteiger partial charge on any atom is -0.392 e. The van der Waals surface area contributed by atoms with Crippen LogP contribution in [0.15, 0.2) is 35.1 Å². The van der Waals surface area contributed by atoms with Gasteiger partial charge in [-0.15, -0.1) is 0 Å². The second-order valence-electron chi connectivity index (χ2n) is 3.39. The van der Waals surface area contributed by atoms with Crippen LogP contribution in [0.3, 0.4) is 0 Å². The van der Waals surface area contributed by atoms with Gasteiger partial charge in [0.25, 0.3) is 0 Å².